The lowest BCUT2D eigenvalue weighted by molar-refractivity contribution is 0.0271. The normalized spacial score (nSPS) is 18.1. The van der Waals surface area contributed by atoms with E-state index in [1.807, 2.05) is 6.07 Å². The van der Waals surface area contributed by atoms with Crippen molar-refractivity contribution < 1.29 is 9.13 Å². The largest absolute Gasteiger partial charge is 0.378 e. The number of benzene rings is 1. The summed E-state index contributed by atoms with van der Waals surface area (Å²) < 4.78 is 19.0. The number of hydrogen-bond acceptors (Lipinski definition) is 2. The SMILES string of the molecule is CC(NCCCOC1CCCCC1)c1cccc(F)c1. The average Bonchev–Trinajstić information content (AvgIpc) is 2.48. The monoisotopic (exact) mass is 279 g/mol. The molecule has 1 atom stereocenters. The van der Waals surface area contributed by atoms with Crippen molar-refractivity contribution in [2.45, 2.75) is 57.6 Å². The number of nitrogens with one attached hydrogen (secondary N) is 1. The van der Waals surface area contributed by atoms with Gasteiger partial charge in [0.05, 0.1) is 6.10 Å². The molecule has 112 valence electrons. The summed E-state index contributed by atoms with van der Waals surface area (Å²) in [7, 11) is 0. The molecular weight excluding hydrogens is 253 g/mol. The molecule has 1 fully saturated rings. The highest BCUT2D eigenvalue weighted by molar-refractivity contribution is 5.19. The molecular formula is C17H26FNO. The molecule has 0 amide bonds. The average molecular weight is 279 g/mol. The Labute approximate surface area is 121 Å². The van der Waals surface area contributed by atoms with Gasteiger partial charge in [0.1, 0.15) is 5.82 Å². The molecule has 0 saturated heterocycles. The van der Waals surface area contributed by atoms with Gasteiger partial charge < -0.3 is 10.1 Å². The lowest BCUT2D eigenvalue weighted by Gasteiger charge is -2.22. The first-order valence-corrected chi connectivity index (χ1v) is 7.86. The van der Waals surface area contributed by atoms with Crippen molar-refractivity contribution in [1.29, 1.82) is 0 Å². The smallest absolute Gasteiger partial charge is 0.123 e. The van der Waals surface area contributed by atoms with Crippen molar-refractivity contribution in [3.63, 3.8) is 0 Å². The van der Waals surface area contributed by atoms with Crippen LogP contribution in [0.15, 0.2) is 24.3 Å². The molecule has 1 aliphatic rings. The van der Waals surface area contributed by atoms with Gasteiger partial charge in [-0.1, -0.05) is 31.4 Å². The van der Waals surface area contributed by atoms with E-state index in [0.29, 0.717) is 6.10 Å². The van der Waals surface area contributed by atoms with Crippen LogP contribution in [0, 0.1) is 5.82 Å². The summed E-state index contributed by atoms with van der Waals surface area (Å²) in [4.78, 5) is 0. The Bertz CT molecular complexity index is 390. The summed E-state index contributed by atoms with van der Waals surface area (Å²) in [5.74, 6) is -0.170. The van der Waals surface area contributed by atoms with Gasteiger partial charge in [0, 0.05) is 12.6 Å². The van der Waals surface area contributed by atoms with Crippen LogP contribution in [-0.4, -0.2) is 19.3 Å². The van der Waals surface area contributed by atoms with Gasteiger partial charge in [-0.05, 0) is 50.4 Å². The molecule has 1 unspecified atom stereocenters. The Morgan fingerprint density at radius 1 is 1.30 bits per heavy atom. The third kappa shape index (κ3) is 5.22. The van der Waals surface area contributed by atoms with Crippen LogP contribution in [-0.2, 0) is 4.74 Å². The maximum Gasteiger partial charge on any atom is 0.123 e. The molecule has 2 nitrogen and oxygen atoms in total. The van der Waals surface area contributed by atoms with E-state index >= 15 is 0 Å². The van der Waals surface area contributed by atoms with E-state index in [9.17, 15) is 4.39 Å². The number of hydrogen-bond donors (Lipinski definition) is 1. The van der Waals surface area contributed by atoms with Crippen LogP contribution in [0.3, 0.4) is 0 Å². The molecule has 1 saturated carbocycles. The van der Waals surface area contributed by atoms with Gasteiger partial charge in [-0.2, -0.15) is 0 Å². The Kier molecular flexibility index (Phi) is 6.48. The van der Waals surface area contributed by atoms with Crippen molar-refractivity contribution in [3.8, 4) is 0 Å². The Morgan fingerprint density at radius 3 is 2.85 bits per heavy atom. The zero-order chi connectivity index (χ0) is 14.2. The molecule has 0 spiro atoms. The van der Waals surface area contributed by atoms with Crippen molar-refractivity contribution >= 4 is 0 Å². The molecule has 1 aromatic rings. The van der Waals surface area contributed by atoms with Crippen molar-refractivity contribution in [3.05, 3.63) is 35.6 Å². The number of halogens is 1. The van der Waals surface area contributed by atoms with Crippen LogP contribution in [0.2, 0.25) is 0 Å². The van der Waals surface area contributed by atoms with Gasteiger partial charge in [-0.15, -0.1) is 0 Å². The fourth-order valence-corrected chi connectivity index (χ4v) is 2.77. The summed E-state index contributed by atoms with van der Waals surface area (Å²) >= 11 is 0. The molecule has 0 aliphatic heterocycles. The van der Waals surface area contributed by atoms with Crippen LogP contribution in [0.1, 0.15) is 57.1 Å². The van der Waals surface area contributed by atoms with E-state index in [1.54, 1.807) is 12.1 Å². The highest BCUT2D eigenvalue weighted by Crippen LogP contribution is 2.20. The molecule has 1 aliphatic carbocycles. The highest BCUT2D eigenvalue weighted by Gasteiger charge is 2.13. The van der Waals surface area contributed by atoms with Gasteiger partial charge >= 0.3 is 0 Å². The number of rotatable bonds is 7. The minimum Gasteiger partial charge on any atom is -0.378 e. The maximum atomic E-state index is 13.1. The second kappa shape index (κ2) is 8.38. The minimum absolute atomic E-state index is 0.170. The summed E-state index contributed by atoms with van der Waals surface area (Å²) in [6, 6.07) is 6.97. The lowest BCUT2D eigenvalue weighted by Crippen LogP contribution is -2.23. The van der Waals surface area contributed by atoms with Crippen molar-refractivity contribution in [2.75, 3.05) is 13.2 Å². The predicted octanol–water partition coefficient (Wildman–Crippen LogP) is 4.22. The first-order valence-electron chi connectivity index (χ1n) is 7.86. The number of ether oxygens (including phenoxy) is 1. The first kappa shape index (κ1) is 15.5. The van der Waals surface area contributed by atoms with Crippen LogP contribution >= 0.6 is 0 Å². The molecule has 3 heteroatoms. The minimum atomic E-state index is -0.170. The third-order valence-corrected chi connectivity index (χ3v) is 4.03. The van der Waals surface area contributed by atoms with Crippen LogP contribution in [0.5, 0.6) is 0 Å². The van der Waals surface area contributed by atoms with Crippen molar-refractivity contribution in [2.24, 2.45) is 0 Å². The van der Waals surface area contributed by atoms with Gasteiger partial charge in [0.15, 0.2) is 0 Å². The van der Waals surface area contributed by atoms with Gasteiger partial charge in [0.25, 0.3) is 0 Å². The molecule has 2 rings (SSSR count). The third-order valence-electron chi connectivity index (χ3n) is 4.03. The van der Waals surface area contributed by atoms with E-state index < -0.39 is 0 Å². The molecule has 0 heterocycles. The topological polar surface area (TPSA) is 21.3 Å². The fraction of sp³-hybridized carbons (Fsp3) is 0.647. The fourth-order valence-electron chi connectivity index (χ4n) is 2.77. The summed E-state index contributed by atoms with van der Waals surface area (Å²) in [6.07, 6.45) is 7.96. The molecule has 1 aromatic carbocycles. The Morgan fingerprint density at radius 2 is 2.10 bits per heavy atom. The summed E-state index contributed by atoms with van der Waals surface area (Å²) in [6.45, 7) is 3.80. The van der Waals surface area contributed by atoms with Crippen molar-refractivity contribution in [1.82, 2.24) is 5.32 Å². The molecule has 20 heavy (non-hydrogen) atoms. The lowest BCUT2D eigenvalue weighted by atomic mass is 9.98. The van der Waals surface area contributed by atoms with Crippen LogP contribution in [0.25, 0.3) is 0 Å². The zero-order valence-corrected chi connectivity index (χ0v) is 12.4. The molecule has 0 bridgehead atoms. The van der Waals surface area contributed by atoms with Gasteiger partial charge in [-0.3, -0.25) is 0 Å². The van der Waals surface area contributed by atoms with E-state index in [-0.39, 0.29) is 11.9 Å². The van der Waals surface area contributed by atoms with Crippen LogP contribution < -0.4 is 5.32 Å². The highest BCUT2D eigenvalue weighted by atomic mass is 19.1. The van der Waals surface area contributed by atoms with E-state index in [0.717, 1.165) is 25.1 Å². The zero-order valence-electron chi connectivity index (χ0n) is 12.4. The summed E-state index contributed by atoms with van der Waals surface area (Å²) in [5, 5.41) is 3.42. The molecule has 1 N–H and O–H groups in total. The second-order valence-corrected chi connectivity index (χ2v) is 5.72. The Hall–Kier alpha value is -0.930. The van der Waals surface area contributed by atoms with E-state index in [1.165, 1.54) is 38.2 Å². The second-order valence-electron chi connectivity index (χ2n) is 5.72. The van der Waals surface area contributed by atoms with Crippen LogP contribution in [0.4, 0.5) is 4.39 Å². The molecule has 0 radical (unpaired) electrons. The maximum absolute atomic E-state index is 13.1. The standard InChI is InChI=1S/C17H26FNO/c1-14(15-7-5-8-16(18)13-15)19-11-6-12-20-17-9-3-2-4-10-17/h5,7-8,13-14,17,19H,2-4,6,9-12H2,1H3. The van der Waals surface area contributed by atoms with Gasteiger partial charge in [0.2, 0.25) is 0 Å². The van der Waals surface area contributed by atoms with Gasteiger partial charge in [-0.25, -0.2) is 4.39 Å². The quantitative estimate of drug-likeness (QED) is 0.755. The molecule has 0 aromatic heterocycles. The van der Waals surface area contributed by atoms with E-state index in [4.69, 9.17) is 4.74 Å². The summed E-state index contributed by atoms with van der Waals surface area (Å²) in [5.41, 5.74) is 0.998. The van der Waals surface area contributed by atoms with E-state index in [2.05, 4.69) is 12.2 Å². The first-order chi connectivity index (χ1) is 9.75. The Balaban J connectivity index is 1.58. The predicted molar refractivity (Wildman–Crippen MR) is 80.3 cm³/mol.